The number of hydrogen-bond donors (Lipinski definition) is 1. The molecule has 3 nitrogen and oxygen atoms in total. The highest BCUT2D eigenvalue weighted by Gasteiger charge is 2.19. The molecule has 1 aliphatic carbocycles. The van der Waals surface area contributed by atoms with E-state index in [2.05, 4.69) is 0 Å². The molecule has 0 aliphatic heterocycles. The molecule has 3 heteroatoms. The summed E-state index contributed by atoms with van der Waals surface area (Å²) in [6, 6.07) is 6.93. The van der Waals surface area contributed by atoms with Crippen molar-refractivity contribution in [2.45, 2.75) is 32.5 Å². The minimum absolute atomic E-state index is 0.154. The molecule has 0 spiro atoms. The second-order valence-electron chi connectivity index (χ2n) is 4.28. The van der Waals surface area contributed by atoms with Crippen LogP contribution in [0.1, 0.15) is 26.2 Å². The van der Waals surface area contributed by atoms with Crippen molar-refractivity contribution >= 4 is 0 Å². The van der Waals surface area contributed by atoms with Crippen molar-refractivity contribution in [3.8, 4) is 11.5 Å². The molecule has 1 N–H and O–H groups in total. The van der Waals surface area contributed by atoms with Crippen molar-refractivity contribution in [1.29, 1.82) is 0 Å². The second-order valence-corrected chi connectivity index (χ2v) is 4.28. The zero-order valence-electron chi connectivity index (χ0n) is 9.56. The Morgan fingerprint density at radius 1 is 1.38 bits per heavy atom. The number of rotatable bonds is 5. The van der Waals surface area contributed by atoms with Crippen molar-refractivity contribution in [3.05, 3.63) is 24.3 Å². The quantitative estimate of drug-likeness (QED) is 0.778. The molecule has 0 bridgehead atoms. The van der Waals surface area contributed by atoms with E-state index in [1.54, 1.807) is 18.2 Å². The first-order valence-electron chi connectivity index (χ1n) is 5.82. The van der Waals surface area contributed by atoms with Crippen molar-refractivity contribution in [2.24, 2.45) is 5.92 Å². The summed E-state index contributed by atoms with van der Waals surface area (Å²) >= 11 is 0. The maximum atomic E-state index is 9.51. The van der Waals surface area contributed by atoms with Gasteiger partial charge in [-0.15, -0.1) is 0 Å². The lowest BCUT2D eigenvalue weighted by Gasteiger charge is -2.26. The highest BCUT2D eigenvalue weighted by molar-refractivity contribution is 5.37. The standard InChI is InChI=1S/C13H18O3/c1-10(15-9-11-5-4-6-11)16-13-8-3-2-7-12(13)14/h2-3,7-8,10-11,14H,4-6,9H2,1H3. The number of para-hydroxylation sites is 2. The monoisotopic (exact) mass is 222 g/mol. The summed E-state index contributed by atoms with van der Waals surface area (Å²) < 4.78 is 11.1. The molecule has 1 aliphatic rings. The molecular formula is C13H18O3. The maximum Gasteiger partial charge on any atom is 0.197 e. The molecule has 0 saturated heterocycles. The van der Waals surface area contributed by atoms with Gasteiger partial charge in [0, 0.05) is 0 Å². The topological polar surface area (TPSA) is 38.7 Å². The van der Waals surface area contributed by atoms with E-state index in [0.29, 0.717) is 11.7 Å². The van der Waals surface area contributed by atoms with E-state index in [1.165, 1.54) is 19.3 Å². The zero-order chi connectivity index (χ0) is 11.4. The van der Waals surface area contributed by atoms with E-state index in [0.717, 1.165) is 6.61 Å². The predicted molar refractivity (Wildman–Crippen MR) is 61.5 cm³/mol. The molecule has 1 fully saturated rings. The van der Waals surface area contributed by atoms with Crippen LogP contribution in [0, 0.1) is 5.92 Å². The molecule has 2 rings (SSSR count). The van der Waals surface area contributed by atoms with E-state index in [-0.39, 0.29) is 12.0 Å². The number of phenolic OH excluding ortho intramolecular Hbond substituents is 1. The van der Waals surface area contributed by atoms with Gasteiger partial charge in [-0.25, -0.2) is 0 Å². The third-order valence-corrected chi connectivity index (χ3v) is 2.95. The Hall–Kier alpha value is -1.22. The van der Waals surface area contributed by atoms with Crippen LogP contribution < -0.4 is 4.74 Å². The number of hydrogen-bond acceptors (Lipinski definition) is 3. The van der Waals surface area contributed by atoms with Crippen LogP contribution in [0.3, 0.4) is 0 Å². The Morgan fingerprint density at radius 2 is 2.12 bits per heavy atom. The van der Waals surface area contributed by atoms with Gasteiger partial charge in [0.05, 0.1) is 6.61 Å². The van der Waals surface area contributed by atoms with Crippen LogP contribution in [-0.4, -0.2) is 18.0 Å². The molecule has 1 atom stereocenters. The van der Waals surface area contributed by atoms with E-state index in [9.17, 15) is 5.11 Å². The van der Waals surface area contributed by atoms with Gasteiger partial charge in [-0.1, -0.05) is 18.6 Å². The molecule has 0 heterocycles. The van der Waals surface area contributed by atoms with Crippen LogP contribution in [0.5, 0.6) is 11.5 Å². The van der Waals surface area contributed by atoms with Crippen molar-refractivity contribution in [1.82, 2.24) is 0 Å². The lowest BCUT2D eigenvalue weighted by molar-refractivity contribution is -0.0875. The van der Waals surface area contributed by atoms with Gasteiger partial charge in [-0.3, -0.25) is 0 Å². The highest BCUT2D eigenvalue weighted by atomic mass is 16.7. The molecule has 88 valence electrons. The van der Waals surface area contributed by atoms with E-state index < -0.39 is 0 Å². The van der Waals surface area contributed by atoms with Gasteiger partial charge >= 0.3 is 0 Å². The first-order valence-corrected chi connectivity index (χ1v) is 5.82. The van der Waals surface area contributed by atoms with Gasteiger partial charge in [-0.2, -0.15) is 0 Å². The highest BCUT2D eigenvalue weighted by Crippen LogP contribution is 2.28. The van der Waals surface area contributed by atoms with E-state index >= 15 is 0 Å². The Balaban J connectivity index is 1.77. The first kappa shape index (κ1) is 11.3. The third-order valence-electron chi connectivity index (χ3n) is 2.95. The van der Waals surface area contributed by atoms with Crippen molar-refractivity contribution < 1.29 is 14.6 Å². The Kier molecular flexibility index (Phi) is 3.67. The average Bonchev–Trinajstić information content (AvgIpc) is 2.19. The minimum Gasteiger partial charge on any atom is -0.504 e. The number of benzene rings is 1. The van der Waals surface area contributed by atoms with Gasteiger partial charge < -0.3 is 14.6 Å². The molecule has 1 saturated carbocycles. The average molecular weight is 222 g/mol. The Labute approximate surface area is 96.0 Å². The summed E-state index contributed by atoms with van der Waals surface area (Å²) in [5.74, 6) is 1.33. The smallest absolute Gasteiger partial charge is 0.197 e. The molecule has 0 aromatic heterocycles. The van der Waals surface area contributed by atoms with Gasteiger partial charge in [0.2, 0.25) is 0 Å². The van der Waals surface area contributed by atoms with E-state index in [1.807, 2.05) is 13.0 Å². The molecule has 0 amide bonds. The lowest BCUT2D eigenvalue weighted by atomic mass is 9.86. The van der Waals surface area contributed by atoms with Crippen molar-refractivity contribution in [2.75, 3.05) is 6.61 Å². The lowest BCUT2D eigenvalue weighted by Crippen LogP contribution is -2.24. The molecule has 16 heavy (non-hydrogen) atoms. The zero-order valence-corrected chi connectivity index (χ0v) is 9.56. The second kappa shape index (κ2) is 5.21. The SMILES string of the molecule is CC(OCC1CCC1)Oc1ccccc1O. The van der Waals surface area contributed by atoms with E-state index in [4.69, 9.17) is 9.47 Å². The van der Waals surface area contributed by atoms with Crippen LogP contribution in [0.2, 0.25) is 0 Å². The van der Waals surface area contributed by atoms with Gasteiger partial charge in [0.25, 0.3) is 0 Å². The van der Waals surface area contributed by atoms with Crippen LogP contribution in [0.4, 0.5) is 0 Å². The molecule has 1 aromatic rings. The summed E-state index contributed by atoms with van der Waals surface area (Å²) in [6.07, 6.45) is 3.55. The minimum atomic E-state index is -0.311. The van der Waals surface area contributed by atoms with Gasteiger partial charge in [0.15, 0.2) is 17.8 Å². The molecule has 1 aromatic carbocycles. The van der Waals surface area contributed by atoms with Gasteiger partial charge in [0.1, 0.15) is 0 Å². The number of ether oxygens (including phenoxy) is 2. The fourth-order valence-corrected chi connectivity index (χ4v) is 1.70. The normalized spacial score (nSPS) is 17.8. The van der Waals surface area contributed by atoms with Crippen LogP contribution in [0.25, 0.3) is 0 Å². The molecule has 1 unspecified atom stereocenters. The fourth-order valence-electron chi connectivity index (χ4n) is 1.70. The number of aromatic hydroxyl groups is 1. The van der Waals surface area contributed by atoms with Crippen LogP contribution in [-0.2, 0) is 4.74 Å². The Bertz CT molecular complexity index is 334. The summed E-state index contributed by atoms with van der Waals surface area (Å²) in [5, 5.41) is 9.51. The predicted octanol–water partition coefficient (Wildman–Crippen LogP) is 2.93. The third kappa shape index (κ3) is 2.89. The molecular weight excluding hydrogens is 204 g/mol. The van der Waals surface area contributed by atoms with Crippen LogP contribution >= 0.6 is 0 Å². The Morgan fingerprint density at radius 3 is 2.75 bits per heavy atom. The van der Waals surface area contributed by atoms with Gasteiger partial charge in [-0.05, 0) is 37.8 Å². The number of phenols is 1. The summed E-state index contributed by atoms with van der Waals surface area (Å²) in [5.41, 5.74) is 0. The van der Waals surface area contributed by atoms with Crippen molar-refractivity contribution in [3.63, 3.8) is 0 Å². The summed E-state index contributed by atoms with van der Waals surface area (Å²) in [4.78, 5) is 0. The maximum absolute atomic E-state index is 9.51. The van der Waals surface area contributed by atoms with Crippen LogP contribution in [0.15, 0.2) is 24.3 Å². The largest absolute Gasteiger partial charge is 0.504 e. The summed E-state index contributed by atoms with van der Waals surface area (Å²) in [6.45, 7) is 2.61. The fraction of sp³-hybridized carbons (Fsp3) is 0.538. The first-order chi connectivity index (χ1) is 7.75. The molecule has 0 radical (unpaired) electrons. The summed E-state index contributed by atoms with van der Waals surface area (Å²) in [7, 11) is 0.